The number of benzene rings is 2. The molecule has 124 valence electrons. The molecule has 5 heteroatoms. The van der Waals surface area contributed by atoms with E-state index in [-0.39, 0.29) is 18.2 Å². The van der Waals surface area contributed by atoms with Gasteiger partial charge in [0.1, 0.15) is 11.9 Å². The van der Waals surface area contributed by atoms with E-state index in [2.05, 4.69) is 10.6 Å². The minimum atomic E-state index is -0.203. The lowest BCUT2D eigenvalue weighted by Gasteiger charge is -2.20. The first-order valence-electron chi connectivity index (χ1n) is 8.29. The molecule has 5 nitrogen and oxygen atoms in total. The number of rotatable bonds is 3. The van der Waals surface area contributed by atoms with Crippen molar-refractivity contribution < 1.29 is 14.3 Å². The van der Waals surface area contributed by atoms with E-state index in [0.717, 1.165) is 35.4 Å². The zero-order valence-electron chi connectivity index (χ0n) is 13.3. The Kier molecular flexibility index (Phi) is 4.09. The predicted molar refractivity (Wildman–Crippen MR) is 91.3 cm³/mol. The van der Waals surface area contributed by atoms with Gasteiger partial charge in [0.2, 0.25) is 0 Å². The van der Waals surface area contributed by atoms with Crippen LogP contribution in [0, 0.1) is 0 Å². The summed E-state index contributed by atoms with van der Waals surface area (Å²) in [5.41, 5.74) is 3.01. The maximum atomic E-state index is 12.3. The molecular formula is C19H20N2O3. The Hall–Kier alpha value is -2.53. The fraction of sp³-hybridized carbons (Fsp3) is 0.316. The Bertz CT molecular complexity index is 733. The van der Waals surface area contributed by atoms with E-state index in [0.29, 0.717) is 13.2 Å². The molecule has 4 rings (SSSR count). The van der Waals surface area contributed by atoms with Gasteiger partial charge in [-0.2, -0.15) is 0 Å². The Morgan fingerprint density at radius 3 is 2.83 bits per heavy atom. The zero-order valence-corrected chi connectivity index (χ0v) is 13.3. The lowest BCUT2D eigenvalue weighted by atomic mass is 10.0. The number of nitrogens with one attached hydrogen (secondary N) is 2. The topological polar surface area (TPSA) is 59.6 Å². The summed E-state index contributed by atoms with van der Waals surface area (Å²) in [7, 11) is 0. The first kappa shape index (κ1) is 15.0. The van der Waals surface area contributed by atoms with Gasteiger partial charge in [0.05, 0.1) is 12.6 Å². The fourth-order valence-corrected chi connectivity index (χ4v) is 3.31. The Labute approximate surface area is 141 Å². The molecule has 2 amide bonds. The fourth-order valence-electron chi connectivity index (χ4n) is 3.31. The summed E-state index contributed by atoms with van der Waals surface area (Å²) in [4.78, 5) is 12.3. The van der Waals surface area contributed by atoms with Crippen LogP contribution < -0.4 is 15.4 Å². The van der Waals surface area contributed by atoms with Crippen molar-refractivity contribution in [3.05, 3.63) is 59.7 Å². The van der Waals surface area contributed by atoms with Gasteiger partial charge in [0, 0.05) is 18.7 Å². The molecule has 1 fully saturated rings. The van der Waals surface area contributed by atoms with Gasteiger partial charge in [0.25, 0.3) is 0 Å². The van der Waals surface area contributed by atoms with Gasteiger partial charge in [-0.25, -0.2) is 4.79 Å². The Morgan fingerprint density at radius 1 is 1.08 bits per heavy atom. The van der Waals surface area contributed by atoms with Crippen molar-refractivity contribution >= 4 is 11.7 Å². The standard InChI is InChI=1S/C19H20N2O3/c22-19(20-15-6-7-17-14(12-15)8-10-23-17)21-16-9-11-24-18(16)13-4-2-1-3-5-13/h1-7,12,16,18H,8-11H2,(H2,20,21,22)/t16-,18-/m0/s1. The van der Waals surface area contributed by atoms with Crippen LogP contribution in [-0.2, 0) is 11.2 Å². The Balaban J connectivity index is 1.40. The number of urea groups is 1. The highest BCUT2D eigenvalue weighted by Crippen LogP contribution is 2.30. The molecule has 0 spiro atoms. The second-order valence-corrected chi connectivity index (χ2v) is 6.12. The maximum absolute atomic E-state index is 12.3. The highest BCUT2D eigenvalue weighted by Gasteiger charge is 2.30. The molecule has 2 heterocycles. The Morgan fingerprint density at radius 2 is 1.96 bits per heavy atom. The third-order valence-electron chi connectivity index (χ3n) is 4.48. The van der Waals surface area contributed by atoms with Gasteiger partial charge in [-0.05, 0) is 35.7 Å². The van der Waals surface area contributed by atoms with E-state index in [1.165, 1.54) is 0 Å². The minimum absolute atomic E-state index is 0.0230. The molecule has 0 aliphatic carbocycles. The van der Waals surface area contributed by atoms with Gasteiger partial charge < -0.3 is 20.1 Å². The van der Waals surface area contributed by atoms with E-state index < -0.39 is 0 Å². The van der Waals surface area contributed by atoms with Gasteiger partial charge in [-0.3, -0.25) is 0 Å². The summed E-state index contributed by atoms with van der Waals surface area (Å²) in [5, 5.41) is 5.95. The van der Waals surface area contributed by atoms with Crippen molar-refractivity contribution in [2.45, 2.75) is 25.0 Å². The molecule has 2 atom stereocenters. The molecule has 2 aromatic carbocycles. The first-order chi connectivity index (χ1) is 11.8. The monoisotopic (exact) mass is 324 g/mol. The van der Waals surface area contributed by atoms with Gasteiger partial charge >= 0.3 is 6.03 Å². The second-order valence-electron chi connectivity index (χ2n) is 6.12. The molecule has 24 heavy (non-hydrogen) atoms. The van der Waals surface area contributed by atoms with Gasteiger partial charge in [0.15, 0.2) is 0 Å². The van der Waals surface area contributed by atoms with Crippen molar-refractivity contribution in [3.8, 4) is 5.75 Å². The number of anilines is 1. The molecule has 2 aromatic rings. The number of amides is 2. The average Bonchev–Trinajstić information content (AvgIpc) is 3.24. The average molecular weight is 324 g/mol. The highest BCUT2D eigenvalue weighted by atomic mass is 16.5. The van der Waals surface area contributed by atoms with E-state index in [9.17, 15) is 4.79 Å². The van der Waals surface area contributed by atoms with Crippen LogP contribution in [0.15, 0.2) is 48.5 Å². The summed E-state index contributed by atoms with van der Waals surface area (Å²) < 4.78 is 11.3. The highest BCUT2D eigenvalue weighted by molar-refractivity contribution is 5.89. The van der Waals surface area contributed by atoms with Crippen molar-refractivity contribution in [1.82, 2.24) is 5.32 Å². The second kappa shape index (κ2) is 6.53. The van der Waals surface area contributed by atoms with Crippen LogP contribution in [0.4, 0.5) is 10.5 Å². The number of carbonyl (C=O) groups excluding carboxylic acids is 1. The van der Waals surface area contributed by atoms with Crippen LogP contribution in [0.5, 0.6) is 5.75 Å². The molecule has 0 saturated carbocycles. The molecule has 0 bridgehead atoms. The van der Waals surface area contributed by atoms with Crippen LogP contribution in [0.1, 0.15) is 23.7 Å². The van der Waals surface area contributed by atoms with Crippen molar-refractivity contribution in [2.75, 3.05) is 18.5 Å². The first-order valence-corrected chi connectivity index (χ1v) is 8.29. The summed E-state index contributed by atoms with van der Waals surface area (Å²) in [5.74, 6) is 0.911. The van der Waals surface area contributed by atoms with Crippen LogP contribution >= 0.6 is 0 Å². The smallest absolute Gasteiger partial charge is 0.319 e. The molecule has 0 aromatic heterocycles. The van der Waals surface area contributed by atoms with Gasteiger partial charge in [-0.15, -0.1) is 0 Å². The third-order valence-corrected chi connectivity index (χ3v) is 4.48. The number of hydrogen-bond donors (Lipinski definition) is 2. The molecule has 0 unspecified atom stereocenters. The van der Waals surface area contributed by atoms with E-state index in [1.54, 1.807) is 0 Å². The molecule has 0 radical (unpaired) electrons. The lowest BCUT2D eigenvalue weighted by Crippen LogP contribution is -2.39. The summed E-state index contributed by atoms with van der Waals surface area (Å²) >= 11 is 0. The lowest BCUT2D eigenvalue weighted by molar-refractivity contribution is 0.100. The predicted octanol–water partition coefficient (Wildman–Crippen LogP) is 3.27. The number of hydrogen-bond acceptors (Lipinski definition) is 3. The number of fused-ring (bicyclic) bond motifs is 1. The number of ether oxygens (including phenoxy) is 2. The summed E-state index contributed by atoms with van der Waals surface area (Å²) in [6.45, 7) is 1.36. The zero-order chi connectivity index (χ0) is 16.4. The van der Waals surface area contributed by atoms with Crippen molar-refractivity contribution in [3.63, 3.8) is 0 Å². The third kappa shape index (κ3) is 3.08. The van der Waals surface area contributed by atoms with E-state index >= 15 is 0 Å². The molecular weight excluding hydrogens is 304 g/mol. The molecule has 2 aliphatic rings. The van der Waals surface area contributed by atoms with Gasteiger partial charge in [-0.1, -0.05) is 30.3 Å². The van der Waals surface area contributed by atoms with Crippen LogP contribution in [0.3, 0.4) is 0 Å². The van der Waals surface area contributed by atoms with E-state index in [1.807, 2.05) is 48.5 Å². The maximum Gasteiger partial charge on any atom is 0.319 e. The van der Waals surface area contributed by atoms with Crippen LogP contribution in [0.2, 0.25) is 0 Å². The molecule has 2 N–H and O–H groups in total. The van der Waals surface area contributed by atoms with Crippen molar-refractivity contribution in [1.29, 1.82) is 0 Å². The SMILES string of the molecule is O=C(Nc1ccc2c(c1)CCO2)N[C@H]1CCO[C@H]1c1ccccc1. The van der Waals surface area contributed by atoms with Crippen molar-refractivity contribution in [2.24, 2.45) is 0 Å². The normalized spacial score (nSPS) is 21.8. The summed E-state index contributed by atoms with van der Waals surface area (Å²) in [6.07, 6.45) is 1.61. The molecule has 1 saturated heterocycles. The largest absolute Gasteiger partial charge is 0.493 e. The quantitative estimate of drug-likeness (QED) is 0.911. The number of carbonyl (C=O) groups is 1. The molecule has 2 aliphatic heterocycles. The summed E-state index contributed by atoms with van der Waals surface area (Å²) in [6, 6.07) is 15.5. The van der Waals surface area contributed by atoms with Crippen LogP contribution in [0.25, 0.3) is 0 Å². The minimum Gasteiger partial charge on any atom is -0.493 e. The van der Waals surface area contributed by atoms with Crippen LogP contribution in [-0.4, -0.2) is 25.3 Å². The van der Waals surface area contributed by atoms with E-state index in [4.69, 9.17) is 9.47 Å².